The quantitative estimate of drug-likeness (QED) is 0.816. The number of nitrogens with one attached hydrogen (secondary N) is 1. The summed E-state index contributed by atoms with van der Waals surface area (Å²) in [7, 11) is 0. The van der Waals surface area contributed by atoms with Gasteiger partial charge in [0.1, 0.15) is 11.7 Å². The van der Waals surface area contributed by atoms with Gasteiger partial charge in [-0.25, -0.2) is 0 Å². The standard InChI is InChI=1S/C19H21N3O3S/c1-10-6-11(2)16(12(3)7-10)17-15(23)8-13(18(17)24)4-5-20-19(25)14-9-21-26-22-14/h6-7,9,13,17H,4-5,8H2,1-3H3,(H,20,25). The Kier molecular flexibility index (Phi) is 5.27. The molecule has 0 bridgehead atoms. The van der Waals surface area contributed by atoms with Crippen molar-refractivity contribution in [1.29, 1.82) is 0 Å². The van der Waals surface area contributed by atoms with Gasteiger partial charge in [-0.15, -0.1) is 0 Å². The van der Waals surface area contributed by atoms with E-state index in [4.69, 9.17) is 0 Å². The Hall–Kier alpha value is -2.41. The Balaban J connectivity index is 1.67. The minimum Gasteiger partial charge on any atom is -0.351 e. The molecular weight excluding hydrogens is 350 g/mol. The molecule has 0 aliphatic heterocycles. The first kappa shape index (κ1) is 18.4. The third-order valence-corrected chi connectivity index (χ3v) is 5.33. The summed E-state index contributed by atoms with van der Waals surface area (Å²) in [5.41, 5.74) is 4.22. The van der Waals surface area contributed by atoms with E-state index >= 15 is 0 Å². The fraction of sp³-hybridized carbons (Fsp3) is 0.421. The Morgan fingerprint density at radius 3 is 2.54 bits per heavy atom. The number of Topliss-reactive ketones (excluding diaryl/α,β-unsaturated/α-hetero) is 2. The highest BCUT2D eigenvalue weighted by Gasteiger charge is 2.42. The van der Waals surface area contributed by atoms with Crippen LogP contribution in [-0.2, 0) is 9.59 Å². The molecule has 0 radical (unpaired) electrons. The van der Waals surface area contributed by atoms with Gasteiger partial charge in [0.25, 0.3) is 5.91 Å². The fourth-order valence-electron chi connectivity index (χ4n) is 3.76. The van der Waals surface area contributed by atoms with Gasteiger partial charge < -0.3 is 5.32 Å². The molecule has 1 heterocycles. The first-order valence-electron chi connectivity index (χ1n) is 8.58. The summed E-state index contributed by atoms with van der Waals surface area (Å²) >= 11 is 0.969. The number of nitrogens with zero attached hydrogens (tertiary/aromatic N) is 2. The number of carbonyl (C=O) groups is 3. The van der Waals surface area contributed by atoms with E-state index in [0.29, 0.717) is 13.0 Å². The molecule has 1 saturated carbocycles. The van der Waals surface area contributed by atoms with Crippen molar-refractivity contribution < 1.29 is 14.4 Å². The van der Waals surface area contributed by atoms with Gasteiger partial charge in [-0.05, 0) is 43.9 Å². The zero-order chi connectivity index (χ0) is 18.8. The summed E-state index contributed by atoms with van der Waals surface area (Å²) < 4.78 is 7.66. The first-order chi connectivity index (χ1) is 12.4. The smallest absolute Gasteiger partial charge is 0.272 e. The maximum Gasteiger partial charge on any atom is 0.272 e. The van der Waals surface area contributed by atoms with Gasteiger partial charge in [0.05, 0.1) is 17.9 Å². The molecule has 7 heteroatoms. The average molecular weight is 371 g/mol. The van der Waals surface area contributed by atoms with Gasteiger partial charge in [0.2, 0.25) is 0 Å². The molecule has 2 atom stereocenters. The van der Waals surface area contributed by atoms with Crippen LogP contribution < -0.4 is 5.32 Å². The highest BCUT2D eigenvalue weighted by atomic mass is 32.1. The molecule has 0 saturated heterocycles. The normalized spacial score (nSPS) is 19.8. The Morgan fingerprint density at radius 1 is 1.23 bits per heavy atom. The third-order valence-electron chi connectivity index (χ3n) is 4.86. The molecule has 6 nitrogen and oxygen atoms in total. The molecule has 2 unspecified atom stereocenters. The molecule has 1 N–H and O–H groups in total. The minimum absolute atomic E-state index is 0.0231. The summed E-state index contributed by atoms with van der Waals surface area (Å²) in [6.45, 7) is 6.24. The summed E-state index contributed by atoms with van der Waals surface area (Å²) in [5.74, 6) is -1.38. The van der Waals surface area contributed by atoms with Gasteiger partial charge in [-0.2, -0.15) is 8.75 Å². The van der Waals surface area contributed by atoms with Crippen molar-refractivity contribution in [2.75, 3.05) is 6.54 Å². The van der Waals surface area contributed by atoms with Crippen LogP contribution in [0.3, 0.4) is 0 Å². The molecule has 136 valence electrons. The van der Waals surface area contributed by atoms with Crippen molar-refractivity contribution in [3.63, 3.8) is 0 Å². The Labute approximate surface area is 156 Å². The third kappa shape index (κ3) is 3.58. The van der Waals surface area contributed by atoms with Crippen molar-refractivity contribution >= 4 is 29.2 Å². The van der Waals surface area contributed by atoms with Crippen LogP contribution >= 0.6 is 11.7 Å². The van der Waals surface area contributed by atoms with Gasteiger partial charge >= 0.3 is 0 Å². The molecular formula is C19H21N3O3S. The predicted molar refractivity (Wildman–Crippen MR) is 98.4 cm³/mol. The number of amides is 1. The summed E-state index contributed by atoms with van der Waals surface area (Å²) in [5, 5.41) is 2.73. The molecule has 1 aromatic heterocycles. The van der Waals surface area contributed by atoms with Gasteiger partial charge in [-0.1, -0.05) is 17.7 Å². The van der Waals surface area contributed by atoms with Crippen LogP contribution in [-0.4, -0.2) is 32.8 Å². The van der Waals surface area contributed by atoms with Crippen molar-refractivity contribution in [1.82, 2.24) is 14.1 Å². The van der Waals surface area contributed by atoms with E-state index in [-0.39, 0.29) is 35.5 Å². The SMILES string of the molecule is Cc1cc(C)c(C2C(=O)CC(CCNC(=O)c3cnsn3)C2=O)c(C)c1. The zero-order valence-corrected chi connectivity index (χ0v) is 15.9. The lowest BCUT2D eigenvalue weighted by Gasteiger charge is -2.16. The largest absolute Gasteiger partial charge is 0.351 e. The van der Waals surface area contributed by atoms with E-state index in [1.807, 2.05) is 32.9 Å². The van der Waals surface area contributed by atoms with E-state index in [1.54, 1.807) is 0 Å². The maximum atomic E-state index is 12.9. The minimum atomic E-state index is -0.668. The van der Waals surface area contributed by atoms with Crippen LogP contribution in [0.1, 0.15) is 51.5 Å². The molecule has 2 aromatic rings. The van der Waals surface area contributed by atoms with Crippen LogP contribution in [0, 0.1) is 26.7 Å². The van der Waals surface area contributed by atoms with Crippen molar-refractivity contribution in [2.24, 2.45) is 5.92 Å². The maximum absolute atomic E-state index is 12.9. The first-order valence-corrected chi connectivity index (χ1v) is 9.31. The number of hydrogen-bond acceptors (Lipinski definition) is 6. The average Bonchev–Trinajstić information content (AvgIpc) is 3.18. The van der Waals surface area contributed by atoms with Crippen LogP contribution in [0.15, 0.2) is 18.3 Å². The second kappa shape index (κ2) is 7.45. The molecule has 1 fully saturated rings. The Morgan fingerprint density at radius 2 is 1.92 bits per heavy atom. The Bertz CT molecular complexity index is 838. The molecule has 1 aliphatic rings. The number of ketones is 2. The van der Waals surface area contributed by atoms with E-state index in [0.717, 1.165) is 34.0 Å². The molecule has 26 heavy (non-hydrogen) atoms. The van der Waals surface area contributed by atoms with E-state index in [1.165, 1.54) is 6.20 Å². The van der Waals surface area contributed by atoms with Crippen LogP contribution in [0.2, 0.25) is 0 Å². The van der Waals surface area contributed by atoms with E-state index in [9.17, 15) is 14.4 Å². The number of aromatic nitrogens is 2. The zero-order valence-electron chi connectivity index (χ0n) is 15.0. The highest BCUT2D eigenvalue weighted by molar-refractivity contribution is 6.99. The fourth-order valence-corrected chi connectivity index (χ4v) is 4.18. The summed E-state index contributed by atoms with van der Waals surface area (Å²) in [4.78, 5) is 37.3. The summed E-state index contributed by atoms with van der Waals surface area (Å²) in [6.07, 6.45) is 2.10. The van der Waals surface area contributed by atoms with Gasteiger partial charge in [0, 0.05) is 18.9 Å². The van der Waals surface area contributed by atoms with Gasteiger partial charge in [0.15, 0.2) is 11.5 Å². The van der Waals surface area contributed by atoms with Crippen LogP contribution in [0.25, 0.3) is 0 Å². The molecule has 1 aromatic carbocycles. The lowest BCUT2D eigenvalue weighted by atomic mass is 9.86. The number of rotatable bonds is 5. The van der Waals surface area contributed by atoms with E-state index < -0.39 is 5.92 Å². The number of aryl methyl sites for hydroxylation is 3. The van der Waals surface area contributed by atoms with Crippen molar-refractivity contribution in [3.05, 3.63) is 46.3 Å². The van der Waals surface area contributed by atoms with Crippen molar-refractivity contribution in [2.45, 2.75) is 39.5 Å². The second-order valence-electron chi connectivity index (χ2n) is 6.85. The molecule has 0 spiro atoms. The predicted octanol–water partition coefficient (Wildman–Crippen LogP) is 2.53. The van der Waals surface area contributed by atoms with Crippen molar-refractivity contribution in [3.8, 4) is 0 Å². The highest BCUT2D eigenvalue weighted by Crippen LogP contribution is 2.37. The molecule has 3 rings (SSSR count). The monoisotopic (exact) mass is 371 g/mol. The lowest BCUT2D eigenvalue weighted by molar-refractivity contribution is -0.124. The van der Waals surface area contributed by atoms with Gasteiger partial charge in [-0.3, -0.25) is 14.4 Å². The number of hydrogen-bond donors (Lipinski definition) is 1. The summed E-state index contributed by atoms with van der Waals surface area (Å²) in [6, 6.07) is 4.02. The number of carbonyl (C=O) groups excluding carboxylic acids is 3. The van der Waals surface area contributed by atoms with Crippen LogP contribution in [0.5, 0.6) is 0 Å². The molecule has 1 aliphatic carbocycles. The molecule has 1 amide bonds. The second-order valence-corrected chi connectivity index (χ2v) is 7.41. The number of benzene rings is 1. The lowest BCUT2D eigenvalue weighted by Crippen LogP contribution is -2.27. The van der Waals surface area contributed by atoms with Crippen LogP contribution in [0.4, 0.5) is 0 Å². The van der Waals surface area contributed by atoms with E-state index in [2.05, 4.69) is 14.1 Å². The topological polar surface area (TPSA) is 89.0 Å².